The van der Waals surface area contributed by atoms with Gasteiger partial charge in [0.15, 0.2) is 0 Å². The Morgan fingerprint density at radius 1 is 1.44 bits per heavy atom. The second-order valence-electron chi connectivity index (χ2n) is 2.03. The van der Waals surface area contributed by atoms with Crippen molar-refractivity contribution in [2.75, 3.05) is 6.61 Å². The number of rotatable bonds is 0. The molecule has 0 bridgehead atoms. The van der Waals surface area contributed by atoms with Crippen molar-refractivity contribution in [1.29, 1.82) is 0 Å². The molecule has 56 valence electrons. The highest BCUT2D eigenvalue weighted by atomic mass is 16.5. The highest BCUT2D eigenvalue weighted by molar-refractivity contribution is 4.67. The Balaban J connectivity index is 0.000000291. The van der Waals surface area contributed by atoms with E-state index in [2.05, 4.69) is 0 Å². The zero-order valence-corrected chi connectivity index (χ0v) is 6.42. The maximum absolute atomic E-state index is 8.77. The molecule has 0 amide bonds. The lowest BCUT2D eigenvalue weighted by Gasteiger charge is -1.94. The van der Waals surface area contributed by atoms with Gasteiger partial charge in [-0.15, -0.1) is 0 Å². The minimum Gasteiger partial charge on any atom is -0.391 e. The summed E-state index contributed by atoms with van der Waals surface area (Å²) in [5.74, 6) is 0. The van der Waals surface area contributed by atoms with Crippen LogP contribution in [-0.4, -0.2) is 23.9 Å². The van der Waals surface area contributed by atoms with Gasteiger partial charge in [-0.1, -0.05) is 13.8 Å². The summed E-state index contributed by atoms with van der Waals surface area (Å²) in [6.07, 6.45) is 0.880. The molecule has 2 atom stereocenters. The van der Waals surface area contributed by atoms with E-state index in [-0.39, 0.29) is 12.2 Å². The first-order valence-electron chi connectivity index (χ1n) is 3.58. The SMILES string of the molecule is CC.CC1CC(O)CO1. The summed E-state index contributed by atoms with van der Waals surface area (Å²) in [5.41, 5.74) is 0. The Labute approximate surface area is 56.8 Å². The largest absolute Gasteiger partial charge is 0.391 e. The highest BCUT2D eigenvalue weighted by Crippen LogP contribution is 2.10. The third-order valence-corrected chi connectivity index (χ3v) is 1.18. The van der Waals surface area contributed by atoms with Gasteiger partial charge in [0.2, 0.25) is 0 Å². The molecular weight excluding hydrogens is 116 g/mol. The first kappa shape index (κ1) is 8.92. The van der Waals surface area contributed by atoms with E-state index < -0.39 is 0 Å². The van der Waals surface area contributed by atoms with Crippen LogP contribution in [0.2, 0.25) is 0 Å². The normalized spacial score (nSPS) is 33.3. The van der Waals surface area contributed by atoms with Crippen LogP contribution in [0.1, 0.15) is 27.2 Å². The second-order valence-corrected chi connectivity index (χ2v) is 2.03. The van der Waals surface area contributed by atoms with Crippen molar-refractivity contribution in [1.82, 2.24) is 0 Å². The van der Waals surface area contributed by atoms with Gasteiger partial charge in [-0.25, -0.2) is 0 Å². The summed E-state index contributed by atoms with van der Waals surface area (Å²) in [6.45, 7) is 6.50. The molecule has 2 nitrogen and oxygen atoms in total. The fourth-order valence-corrected chi connectivity index (χ4v) is 0.795. The van der Waals surface area contributed by atoms with Gasteiger partial charge < -0.3 is 9.84 Å². The standard InChI is InChI=1S/C5H10O2.C2H6/c1-4-2-5(6)3-7-4;1-2/h4-6H,2-3H2,1H3;1-2H3. The van der Waals surface area contributed by atoms with Gasteiger partial charge in [0.25, 0.3) is 0 Å². The van der Waals surface area contributed by atoms with E-state index in [0.717, 1.165) is 6.42 Å². The van der Waals surface area contributed by atoms with Crippen molar-refractivity contribution >= 4 is 0 Å². The molecule has 1 saturated heterocycles. The van der Waals surface area contributed by atoms with Gasteiger partial charge in [-0.3, -0.25) is 0 Å². The summed E-state index contributed by atoms with van der Waals surface area (Å²) < 4.78 is 5.02. The second kappa shape index (κ2) is 4.77. The zero-order chi connectivity index (χ0) is 7.28. The molecule has 0 radical (unpaired) electrons. The van der Waals surface area contributed by atoms with E-state index in [1.165, 1.54) is 0 Å². The maximum Gasteiger partial charge on any atom is 0.0798 e. The lowest BCUT2D eigenvalue weighted by atomic mass is 10.2. The molecule has 1 aliphatic heterocycles. The molecule has 1 fully saturated rings. The van der Waals surface area contributed by atoms with E-state index in [9.17, 15) is 0 Å². The quantitative estimate of drug-likeness (QED) is 0.536. The average molecular weight is 132 g/mol. The molecular formula is C7H16O2. The Hall–Kier alpha value is -0.0800. The molecule has 0 aromatic heterocycles. The van der Waals surface area contributed by atoms with Gasteiger partial charge in [0, 0.05) is 6.42 Å². The van der Waals surface area contributed by atoms with Crippen LogP contribution in [0.3, 0.4) is 0 Å². The highest BCUT2D eigenvalue weighted by Gasteiger charge is 2.18. The van der Waals surface area contributed by atoms with E-state index in [1.807, 2.05) is 20.8 Å². The average Bonchev–Trinajstić information content (AvgIpc) is 2.20. The first-order valence-corrected chi connectivity index (χ1v) is 3.58. The third kappa shape index (κ3) is 3.49. The number of aliphatic hydroxyl groups excluding tert-OH is 1. The fourth-order valence-electron chi connectivity index (χ4n) is 0.795. The zero-order valence-electron chi connectivity index (χ0n) is 6.42. The number of hydrogen-bond acceptors (Lipinski definition) is 2. The summed E-state index contributed by atoms with van der Waals surface area (Å²) in [5, 5.41) is 8.77. The van der Waals surface area contributed by atoms with Crippen molar-refractivity contribution in [2.45, 2.75) is 39.4 Å². The molecule has 9 heavy (non-hydrogen) atoms. The Morgan fingerprint density at radius 2 is 2.00 bits per heavy atom. The Morgan fingerprint density at radius 3 is 2.11 bits per heavy atom. The van der Waals surface area contributed by atoms with Crippen molar-refractivity contribution in [3.63, 3.8) is 0 Å². The molecule has 0 aliphatic carbocycles. The number of aliphatic hydroxyl groups is 1. The van der Waals surface area contributed by atoms with E-state index >= 15 is 0 Å². The fraction of sp³-hybridized carbons (Fsp3) is 1.00. The predicted octanol–water partition coefficient (Wildman–Crippen LogP) is 1.18. The maximum atomic E-state index is 8.77. The molecule has 0 aromatic rings. The summed E-state index contributed by atoms with van der Waals surface area (Å²) in [7, 11) is 0. The van der Waals surface area contributed by atoms with Crippen LogP contribution in [0, 0.1) is 0 Å². The monoisotopic (exact) mass is 132 g/mol. The predicted molar refractivity (Wildman–Crippen MR) is 37.4 cm³/mol. The third-order valence-electron chi connectivity index (χ3n) is 1.18. The minimum absolute atomic E-state index is 0.199. The molecule has 2 heteroatoms. The van der Waals surface area contributed by atoms with Crippen LogP contribution in [-0.2, 0) is 4.74 Å². The van der Waals surface area contributed by atoms with Crippen LogP contribution in [0.25, 0.3) is 0 Å². The van der Waals surface area contributed by atoms with Crippen LogP contribution in [0.15, 0.2) is 0 Å². The Kier molecular flexibility index (Phi) is 4.72. The van der Waals surface area contributed by atoms with Crippen molar-refractivity contribution < 1.29 is 9.84 Å². The molecule has 1 heterocycles. The Bertz CT molecular complexity index is 55.9. The van der Waals surface area contributed by atoms with Crippen LogP contribution >= 0.6 is 0 Å². The van der Waals surface area contributed by atoms with Gasteiger partial charge in [0.05, 0.1) is 18.8 Å². The van der Waals surface area contributed by atoms with Crippen LogP contribution in [0.4, 0.5) is 0 Å². The molecule has 0 saturated carbocycles. The molecule has 1 N–H and O–H groups in total. The van der Waals surface area contributed by atoms with Crippen molar-refractivity contribution in [3.8, 4) is 0 Å². The topological polar surface area (TPSA) is 29.5 Å². The van der Waals surface area contributed by atoms with Crippen molar-refractivity contribution in [3.05, 3.63) is 0 Å². The minimum atomic E-state index is -0.199. The first-order chi connectivity index (χ1) is 4.29. The van der Waals surface area contributed by atoms with Crippen LogP contribution in [0.5, 0.6) is 0 Å². The van der Waals surface area contributed by atoms with Crippen LogP contribution < -0.4 is 0 Å². The lowest BCUT2D eigenvalue weighted by molar-refractivity contribution is 0.0971. The van der Waals surface area contributed by atoms with Crippen molar-refractivity contribution in [2.24, 2.45) is 0 Å². The lowest BCUT2D eigenvalue weighted by Crippen LogP contribution is -2.03. The van der Waals surface area contributed by atoms with Gasteiger partial charge in [-0.05, 0) is 6.92 Å². The summed E-state index contributed by atoms with van der Waals surface area (Å²) in [4.78, 5) is 0. The number of hydrogen-bond donors (Lipinski definition) is 1. The van der Waals surface area contributed by atoms with E-state index in [0.29, 0.717) is 6.61 Å². The summed E-state index contributed by atoms with van der Waals surface area (Å²) >= 11 is 0. The van der Waals surface area contributed by atoms with E-state index in [4.69, 9.17) is 9.84 Å². The molecule has 1 aliphatic rings. The molecule has 2 unspecified atom stereocenters. The van der Waals surface area contributed by atoms with E-state index in [1.54, 1.807) is 0 Å². The van der Waals surface area contributed by atoms with Gasteiger partial charge in [0.1, 0.15) is 0 Å². The molecule has 0 aromatic carbocycles. The van der Waals surface area contributed by atoms with Gasteiger partial charge in [-0.2, -0.15) is 0 Å². The van der Waals surface area contributed by atoms with Gasteiger partial charge >= 0.3 is 0 Å². The molecule has 1 rings (SSSR count). The summed E-state index contributed by atoms with van der Waals surface area (Å²) in [6, 6.07) is 0. The molecule has 0 spiro atoms. The number of ether oxygens (including phenoxy) is 1. The smallest absolute Gasteiger partial charge is 0.0798 e.